The molecule has 5 nitrogen and oxygen atoms in total. The van der Waals surface area contributed by atoms with Crippen LogP contribution in [0.5, 0.6) is 0 Å². The molecular formula is C15H30O5. The lowest BCUT2D eigenvalue weighted by molar-refractivity contribution is -0.210. The molecule has 0 aromatic carbocycles. The summed E-state index contributed by atoms with van der Waals surface area (Å²) in [4.78, 5) is 12.8. The number of rotatable bonds is 4. The van der Waals surface area contributed by atoms with Gasteiger partial charge >= 0.3 is 0 Å². The van der Waals surface area contributed by atoms with Crippen LogP contribution in [0.2, 0.25) is 0 Å². The topological polar surface area (TPSA) is 98.0 Å². The SMILES string of the molecule is CC(O)C(O)(C(=O)C(O)(C(C)O)C(C)(C)C)C(C)(C)C. The van der Waals surface area contributed by atoms with Gasteiger partial charge in [-0.2, -0.15) is 0 Å². The smallest absolute Gasteiger partial charge is 0.202 e. The van der Waals surface area contributed by atoms with Gasteiger partial charge in [0.25, 0.3) is 0 Å². The van der Waals surface area contributed by atoms with Gasteiger partial charge in [-0.05, 0) is 13.8 Å². The molecule has 0 aliphatic heterocycles. The van der Waals surface area contributed by atoms with Crippen LogP contribution in [0.15, 0.2) is 0 Å². The fraction of sp³-hybridized carbons (Fsp3) is 0.933. The Morgan fingerprint density at radius 3 is 1.05 bits per heavy atom. The molecule has 0 amide bonds. The highest BCUT2D eigenvalue weighted by atomic mass is 16.4. The monoisotopic (exact) mass is 290 g/mol. The average molecular weight is 290 g/mol. The predicted octanol–water partition coefficient (Wildman–Crippen LogP) is 0.871. The molecule has 0 aromatic rings. The molecule has 0 saturated heterocycles. The van der Waals surface area contributed by atoms with Crippen molar-refractivity contribution in [1.82, 2.24) is 0 Å². The van der Waals surface area contributed by atoms with E-state index in [0.29, 0.717) is 0 Å². The Labute approximate surface area is 121 Å². The molecule has 20 heavy (non-hydrogen) atoms. The quantitative estimate of drug-likeness (QED) is 0.616. The maximum absolute atomic E-state index is 12.8. The van der Waals surface area contributed by atoms with E-state index in [1.165, 1.54) is 13.8 Å². The van der Waals surface area contributed by atoms with Gasteiger partial charge in [0.15, 0.2) is 11.2 Å². The molecule has 0 heterocycles. The lowest BCUT2D eigenvalue weighted by Gasteiger charge is -2.50. The number of hydrogen-bond acceptors (Lipinski definition) is 5. The van der Waals surface area contributed by atoms with E-state index in [2.05, 4.69) is 0 Å². The number of aliphatic hydroxyl groups excluding tert-OH is 2. The lowest BCUT2D eigenvalue weighted by atomic mass is 9.60. The number of aliphatic hydroxyl groups is 4. The lowest BCUT2D eigenvalue weighted by Crippen LogP contribution is -2.70. The van der Waals surface area contributed by atoms with Gasteiger partial charge < -0.3 is 20.4 Å². The van der Waals surface area contributed by atoms with Crippen molar-refractivity contribution in [3.05, 3.63) is 0 Å². The molecule has 0 spiro atoms. The van der Waals surface area contributed by atoms with Gasteiger partial charge in [-0.1, -0.05) is 41.5 Å². The largest absolute Gasteiger partial charge is 0.390 e. The number of carbonyl (C=O) groups is 1. The zero-order chi connectivity index (χ0) is 16.7. The van der Waals surface area contributed by atoms with Crippen molar-refractivity contribution < 1.29 is 25.2 Å². The summed E-state index contributed by atoms with van der Waals surface area (Å²) < 4.78 is 0. The van der Waals surface area contributed by atoms with E-state index in [0.717, 1.165) is 0 Å². The molecule has 4 atom stereocenters. The van der Waals surface area contributed by atoms with Crippen LogP contribution in [0.25, 0.3) is 0 Å². The molecule has 0 aliphatic rings. The van der Waals surface area contributed by atoms with Crippen molar-refractivity contribution in [2.45, 2.75) is 78.8 Å². The molecule has 4 N–H and O–H groups in total. The Kier molecular flexibility index (Phi) is 5.24. The van der Waals surface area contributed by atoms with Crippen molar-refractivity contribution in [3.8, 4) is 0 Å². The summed E-state index contributed by atoms with van der Waals surface area (Å²) in [6, 6.07) is 0. The van der Waals surface area contributed by atoms with E-state index in [1.807, 2.05) is 0 Å². The van der Waals surface area contributed by atoms with Crippen LogP contribution in [0.4, 0.5) is 0 Å². The summed E-state index contributed by atoms with van der Waals surface area (Å²) in [5.41, 5.74) is -6.36. The standard InChI is InChI=1S/C15H30O5/c1-9(16)14(19,12(3,4)5)11(18)15(20,10(2)17)13(6,7)8/h9-10,16-17,19-20H,1-8H3. The second-order valence-corrected chi connectivity index (χ2v) is 7.71. The van der Waals surface area contributed by atoms with Crippen LogP contribution >= 0.6 is 0 Å². The molecule has 0 aliphatic carbocycles. The van der Waals surface area contributed by atoms with E-state index in [-0.39, 0.29) is 0 Å². The minimum Gasteiger partial charge on any atom is -0.390 e. The molecule has 0 fully saturated rings. The van der Waals surface area contributed by atoms with Crippen LogP contribution in [0, 0.1) is 10.8 Å². The summed E-state index contributed by atoms with van der Waals surface area (Å²) in [6.45, 7) is 12.2. The van der Waals surface area contributed by atoms with E-state index >= 15 is 0 Å². The highest BCUT2D eigenvalue weighted by Crippen LogP contribution is 2.43. The van der Waals surface area contributed by atoms with Gasteiger partial charge in [0.1, 0.15) is 0 Å². The van der Waals surface area contributed by atoms with Crippen molar-refractivity contribution >= 4 is 5.78 Å². The minimum atomic E-state index is -2.17. The molecule has 0 radical (unpaired) electrons. The fourth-order valence-corrected chi connectivity index (χ4v) is 2.60. The Hall–Kier alpha value is -0.490. The van der Waals surface area contributed by atoms with Crippen LogP contribution < -0.4 is 0 Å². The Balaban J connectivity index is 6.17. The molecule has 120 valence electrons. The summed E-state index contributed by atoms with van der Waals surface area (Å²) >= 11 is 0. The van der Waals surface area contributed by atoms with Gasteiger partial charge in [-0.15, -0.1) is 0 Å². The Bertz CT molecular complexity index is 327. The third-order valence-corrected chi connectivity index (χ3v) is 4.19. The molecule has 0 aromatic heterocycles. The first-order valence-corrected chi connectivity index (χ1v) is 6.90. The van der Waals surface area contributed by atoms with Crippen LogP contribution in [-0.2, 0) is 4.79 Å². The highest BCUT2D eigenvalue weighted by molar-refractivity contribution is 5.97. The maximum atomic E-state index is 12.8. The number of hydrogen-bond donors (Lipinski definition) is 4. The Morgan fingerprint density at radius 2 is 0.950 bits per heavy atom. The van der Waals surface area contributed by atoms with Crippen molar-refractivity contribution in [3.63, 3.8) is 0 Å². The normalized spacial score (nSPS) is 22.6. The molecule has 0 rings (SSSR count). The maximum Gasteiger partial charge on any atom is 0.202 e. The first-order chi connectivity index (χ1) is 8.54. The molecule has 0 saturated carbocycles. The van der Waals surface area contributed by atoms with E-state index in [4.69, 9.17) is 0 Å². The van der Waals surface area contributed by atoms with Crippen LogP contribution in [0.1, 0.15) is 55.4 Å². The fourth-order valence-electron chi connectivity index (χ4n) is 2.60. The second kappa shape index (κ2) is 5.37. The van der Waals surface area contributed by atoms with Gasteiger partial charge in [0.05, 0.1) is 12.2 Å². The third-order valence-electron chi connectivity index (χ3n) is 4.19. The van der Waals surface area contributed by atoms with E-state index in [9.17, 15) is 25.2 Å². The zero-order valence-electron chi connectivity index (χ0n) is 13.9. The first kappa shape index (κ1) is 19.5. The average Bonchev–Trinajstić information content (AvgIpc) is 2.21. The van der Waals surface area contributed by atoms with Crippen molar-refractivity contribution in [2.75, 3.05) is 0 Å². The number of ketones is 1. The minimum absolute atomic E-state index is 0.963. The van der Waals surface area contributed by atoms with Gasteiger partial charge in [0, 0.05) is 10.8 Å². The summed E-state index contributed by atoms with van der Waals surface area (Å²) in [7, 11) is 0. The predicted molar refractivity (Wildman–Crippen MR) is 77.2 cm³/mol. The summed E-state index contributed by atoms with van der Waals surface area (Å²) in [5, 5.41) is 41.4. The molecular weight excluding hydrogens is 260 g/mol. The first-order valence-electron chi connectivity index (χ1n) is 6.90. The second-order valence-electron chi connectivity index (χ2n) is 7.71. The summed E-state index contributed by atoms with van der Waals surface area (Å²) in [5.74, 6) is -0.963. The number of carbonyl (C=O) groups excluding carboxylic acids is 1. The van der Waals surface area contributed by atoms with E-state index in [1.54, 1.807) is 41.5 Å². The third kappa shape index (κ3) is 2.77. The zero-order valence-corrected chi connectivity index (χ0v) is 13.9. The van der Waals surface area contributed by atoms with Gasteiger partial charge in [0.2, 0.25) is 5.78 Å². The van der Waals surface area contributed by atoms with Gasteiger partial charge in [-0.3, -0.25) is 4.79 Å². The van der Waals surface area contributed by atoms with Crippen LogP contribution in [-0.4, -0.2) is 49.6 Å². The molecule has 4 unspecified atom stereocenters. The van der Waals surface area contributed by atoms with Crippen molar-refractivity contribution in [2.24, 2.45) is 10.8 Å². The molecule has 0 bridgehead atoms. The van der Waals surface area contributed by atoms with E-state index < -0.39 is 40.0 Å². The van der Waals surface area contributed by atoms with Crippen molar-refractivity contribution in [1.29, 1.82) is 0 Å². The Morgan fingerprint density at radius 1 is 0.750 bits per heavy atom. The van der Waals surface area contributed by atoms with Crippen LogP contribution in [0.3, 0.4) is 0 Å². The van der Waals surface area contributed by atoms with Gasteiger partial charge in [-0.25, -0.2) is 0 Å². The highest BCUT2D eigenvalue weighted by Gasteiger charge is 2.62. The number of Topliss-reactive ketones (excluding diaryl/α,β-unsaturated/α-hetero) is 1. The summed E-state index contributed by atoms with van der Waals surface area (Å²) in [6.07, 6.45) is -2.77. The molecule has 5 heteroatoms.